The van der Waals surface area contributed by atoms with Crippen LogP contribution in [0.1, 0.15) is 17.8 Å². The molecule has 17 heavy (non-hydrogen) atoms. The van der Waals surface area contributed by atoms with E-state index in [1.807, 2.05) is 17.5 Å². The Morgan fingerprint density at radius 2 is 2.29 bits per heavy atom. The number of carbonyl (C=O) groups excluding carboxylic acids is 1. The molecule has 1 aliphatic heterocycles. The van der Waals surface area contributed by atoms with E-state index in [2.05, 4.69) is 5.32 Å². The Bertz CT molecular complexity index is 493. The summed E-state index contributed by atoms with van der Waals surface area (Å²) in [4.78, 5) is 25.1. The van der Waals surface area contributed by atoms with E-state index in [0.29, 0.717) is 5.70 Å². The molecule has 5 nitrogen and oxygen atoms in total. The first kappa shape index (κ1) is 11.7. The number of hydrogen-bond acceptors (Lipinski definition) is 3. The van der Waals surface area contributed by atoms with Gasteiger partial charge in [0.15, 0.2) is 0 Å². The van der Waals surface area contributed by atoms with Crippen LogP contribution < -0.4 is 5.32 Å². The highest BCUT2D eigenvalue weighted by atomic mass is 32.1. The van der Waals surface area contributed by atoms with Crippen LogP contribution in [-0.2, 0) is 4.79 Å². The Balaban J connectivity index is 2.51. The van der Waals surface area contributed by atoms with Gasteiger partial charge in [0, 0.05) is 17.6 Å². The van der Waals surface area contributed by atoms with Crippen molar-refractivity contribution in [3.05, 3.63) is 33.7 Å². The molecule has 0 spiro atoms. The van der Waals surface area contributed by atoms with Crippen molar-refractivity contribution >= 4 is 23.3 Å². The van der Waals surface area contributed by atoms with Crippen LogP contribution >= 0.6 is 11.3 Å². The molecule has 0 fully saturated rings. The molecule has 2 N–H and O–H groups in total. The lowest BCUT2D eigenvalue weighted by Crippen LogP contribution is -2.45. The van der Waals surface area contributed by atoms with Crippen LogP contribution in [0, 0.1) is 0 Å². The molecule has 6 heteroatoms. The molecule has 1 aromatic heterocycles. The molecule has 1 unspecified atom stereocenters. The van der Waals surface area contributed by atoms with Gasteiger partial charge in [-0.05, 0) is 18.4 Å². The number of nitrogens with zero attached hydrogens (tertiary/aromatic N) is 1. The summed E-state index contributed by atoms with van der Waals surface area (Å²) in [5, 5.41) is 13.8. The van der Waals surface area contributed by atoms with Crippen molar-refractivity contribution in [3.8, 4) is 0 Å². The number of allylic oxidation sites excluding steroid dienone is 1. The van der Waals surface area contributed by atoms with Crippen molar-refractivity contribution in [2.75, 3.05) is 7.05 Å². The minimum absolute atomic E-state index is 0.217. The first-order chi connectivity index (χ1) is 8.02. The van der Waals surface area contributed by atoms with Crippen molar-refractivity contribution in [2.45, 2.75) is 13.0 Å². The molecule has 0 radical (unpaired) electrons. The van der Waals surface area contributed by atoms with Gasteiger partial charge in [0.2, 0.25) is 0 Å². The van der Waals surface area contributed by atoms with Crippen LogP contribution in [0.3, 0.4) is 0 Å². The molecule has 0 saturated carbocycles. The molecular weight excluding hydrogens is 240 g/mol. The predicted octanol–water partition coefficient (Wildman–Crippen LogP) is 1.80. The monoisotopic (exact) mass is 252 g/mol. The first-order valence-electron chi connectivity index (χ1n) is 5.04. The zero-order chi connectivity index (χ0) is 12.6. The average Bonchev–Trinajstić information content (AvgIpc) is 2.77. The van der Waals surface area contributed by atoms with Crippen molar-refractivity contribution in [1.29, 1.82) is 0 Å². The van der Waals surface area contributed by atoms with Gasteiger partial charge in [-0.15, -0.1) is 11.3 Å². The fourth-order valence-electron chi connectivity index (χ4n) is 1.78. The van der Waals surface area contributed by atoms with E-state index in [-0.39, 0.29) is 11.6 Å². The topological polar surface area (TPSA) is 69.6 Å². The third-order valence-electron chi connectivity index (χ3n) is 2.81. The summed E-state index contributed by atoms with van der Waals surface area (Å²) in [5.41, 5.74) is 0.689. The number of hydrogen-bond donors (Lipinski definition) is 2. The van der Waals surface area contributed by atoms with E-state index in [0.717, 1.165) is 4.88 Å². The lowest BCUT2D eigenvalue weighted by Gasteiger charge is -2.31. The Kier molecular flexibility index (Phi) is 2.89. The summed E-state index contributed by atoms with van der Waals surface area (Å²) < 4.78 is 0. The van der Waals surface area contributed by atoms with Gasteiger partial charge < -0.3 is 15.3 Å². The Morgan fingerprint density at radius 3 is 2.82 bits per heavy atom. The zero-order valence-corrected chi connectivity index (χ0v) is 10.2. The second-order valence-corrected chi connectivity index (χ2v) is 4.74. The minimum Gasteiger partial charge on any atom is -0.478 e. The normalized spacial score (nSPS) is 20.5. The average molecular weight is 252 g/mol. The van der Waals surface area contributed by atoms with Crippen LogP contribution in [0.25, 0.3) is 0 Å². The molecule has 2 rings (SSSR count). The van der Waals surface area contributed by atoms with E-state index < -0.39 is 12.0 Å². The molecule has 0 saturated heterocycles. The SMILES string of the molecule is CC1=C(C(=O)O)C(c2cccs2)NC(=O)N1C. The summed E-state index contributed by atoms with van der Waals surface area (Å²) in [6.07, 6.45) is 0. The number of urea groups is 1. The van der Waals surface area contributed by atoms with E-state index in [4.69, 9.17) is 0 Å². The maximum absolute atomic E-state index is 11.7. The highest BCUT2D eigenvalue weighted by Crippen LogP contribution is 2.31. The van der Waals surface area contributed by atoms with Crippen LogP contribution in [0.5, 0.6) is 0 Å². The molecule has 90 valence electrons. The lowest BCUT2D eigenvalue weighted by atomic mass is 10.0. The van der Waals surface area contributed by atoms with Crippen LogP contribution in [0.15, 0.2) is 28.8 Å². The highest BCUT2D eigenvalue weighted by Gasteiger charge is 2.34. The van der Waals surface area contributed by atoms with Gasteiger partial charge in [-0.25, -0.2) is 9.59 Å². The van der Waals surface area contributed by atoms with E-state index in [1.165, 1.54) is 16.2 Å². The number of carboxylic acid groups (broad SMARTS) is 1. The van der Waals surface area contributed by atoms with Gasteiger partial charge >= 0.3 is 12.0 Å². The molecule has 0 bridgehead atoms. The number of carboxylic acids is 1. The van der Waals surface area contributed by atoms with Gasteiger partial charge in [0.1, 0.15) is 0 Å². The van der Waals surface area contributed by atoms with Crippen LogP contribution in [-0.4, -0.2) is 29.1 Å². The highest BCUT2D eigenvalue weighted by molar-refractivity contribution is 7.10. The molecule has 0 aromatic carbocycles. The largest absolute Gasteiger partial charge is 0.478 e. The molecule has 0 aliphatic carbocycles. The molecular formula is C11H12N2O3S. The van der Waals surface area contributed by atoms with Gasteiger partial charge in [-0.1, -0.05) is 6.07 Å². The molecule has 1 aromatic rings. The van der Waals surface area contributed by atoms with Crippen molar-refractivity contribution < 1.29 is 14.7 Å². The molecule has 1 aliphatic rings. The number of carbonyl (C=O) groups is 2. The third kappa shape index (κ3) is 1.91. The summed E-state index contributed by atoms with van der Waals surface area (Å²) in [6.45, 7) is 1.64. The quantitative estimate of drug-likeness (QED) is 0.843. The molecule has 2 heterocycles. The van der Waals surface area contributed by atoms with Gasteiger partial charge in [0.25, 0.3) is 0 Å². The number of nitrogens with one attached hydrogen (secondary N) is 1. The number of aliphatic carboxylic acids is 1. The minimum atomic E-state index is -1.01. The number of amides is 2. The summed E-state index contributed by atoms with van der Waals surface area (Å²) in [7, 11) is 1.55. The van der Waals surface area contributed by atoms with Crippen molar-refractivity contribution in [2.24, 2.45) is 0 Å². The maximum atomic E-state index is 11.7. The summed E-state index contributed by atoms with van der Waals surface area (Å²) >= 11 is 1.43. The van der Waals surface area contributed by atoms with Gasteiger partial charge in [-0.2, -0.15) is 0 Å². The fourth-order valence-corrected chi connectivity index (χ4v) is 2.57. The molecule has 2 amide bonds. The zero-order valence-electron chi connectivity index (χ0n) is 9.43. The van der Waals surface area contributed by atoms with E-state index in [1.54, 1.807) is 14.0 Å². The molecule has 1 atom stereocenters. The van der Waals surface area contributed by atoms with Gasteiger partial charge in [-0.3, -0.25) is 0 Å². The summed E-state index contributed by atoms with van der Waals surface area (Å²) in [6, 6.07) is 2.80. The smallest absolute Gasteiger partial charge is 0.335 e. The first-order valence-corrected chi connectivity index (χ1v) is 5.92. The standard InChI is InChI=1S/C11H12N2O3S/c1-6-8(10(14)15)9(7-4-3-5-17-7)12-11(16)13(6)2/h3-5,9H,1-2H3,(H,12,16)(H,14,15). The fraction of sp³-hybridized carbons (Fsp3) is 0.273. The van der Waals surface area contributed by atoms with Crippen LogP contribution in [0.2, 0.25) is 0 Å². The van der Waals surface area contributed by atoms with Gasteiger partial charge in [0.05, 0.1) is 11.6 Å². The summed E-state index contributed by atoms with van der Waals surface area (Å²) in [5.74, 6) is -1.01. The van der Waals surface area contributed by atoms with Crippen molar-refractivity contribution in [3.63, 3.8) is 0 Å². The third-order valence-corrected chi connectivity index (χ3v) is 3.75. The Morgan fingerprint density at radius 1 is 1.59 bits per heavy atom. The second kappa shape index (κ2) is 4.21. The predicted molar refractivity (Wildman–Crippen MR) is 63.7 cm³/mol. The Labute approximate surface area is 102 Å². The second-order valence-electron chi connectivity index (χ2n) is 3.76. The van der Waals surface area contributed by atoms with Crippen LogP contribution in [0.4, 0.5) is 4.79 Å². The van der Waals surface area contributed by atoms with E-state index >= 15 is 0 Å². The maximum Gasteiger partial charge on any atom is 0.335 e. The number of rotatable bonds is 2. The Hall–Kier alpha value is -1.82. The van der Waals surface area contributed by atoms with E-state index in [9.17, 15) is 14.7 Å². The van der Waals surface area contributed by atoms with Crippen molar-refractivity contribution in [1.82, 2.24) is 10.2 Å². The number of thiophene rings is 1. The lowest BCUT2D eigenvalue weighted by molar-refractivity contribution is -0.133.